The molecule has 274 valence electrons. The minimum absolute atomic E-state index is 0.0663. The van der Waals surface area contributed by atoms with E-state index in [4.69, 9.17) is 9.84 Å². The highest BCUT2D eigenvalue weighted by molar-refractivity contribution is 9.10. The van der Waals surface area contributed by atoms with Crippen LogP contribution in [0, 0.1) is 0 Å². The van der Waals surface area contributed by atoms with Crippen LogP contribution >= 0.6 is 83.1 Å². The van der Waals surface area contributed by atoms with Crippen molar-refractivity contribution in [3.8, 4) is 0 Å². The number of thioether (sulfide) groups is 3. The van der Waals surface area contributed by atoms with E-state index in [0.717, 1.165) is 47.2 Å². The lowest BCUT2D eigenvalue weighted by Crippen LogP contribution is -2.20. The number of hydrogen-bond acceptors (Lipinski definition) is 8. The zero-order chi connectivity index (χ0) is 36.3. The monoisotopic (exact) mass is 930 g/mol. The molecule has 3 saturated carbocycles. The fraction of sp³-hybridized carbons (Fsp3) is 0.487. The van der Waals surface area contributed by atoms with E-state index in [-0.39, 0.29) is 26.3 Å². The molecule has 0 aromatic heterocycles. The van der Waals surface area contributed by atoms with E-state index in [0.29, 0.717) is 11.4 Å². The number of rotatable bonds is 15. The molecule has 3 fully saturated rings. The molecule has 3 aromatic rings. The van der Waals surface area contributed by atoms with Crippen LogP contribution in [0.3, 0.4) is 0 Å². The molecule has 0 heterocycles. The largest absolute Gasteiger partial charge is 0.468 e. The van der Waals surface area contributed by atoms with Gasteiger partial charge in [0.15, 0.2) is 0 Å². The molecule has 0 spiro atoms. The first-order valence-electron chi connectivity index (χ1n) is 16.7. The number of benzene rings is 3. The van der Waals surface area contributed by atoms with Crippen LogP contribution < -0.4 is 0 Å². The maximum Gasteiger partial charge on any atom is 0.321 e. The first-order chi connectivity index (χ1) is 24.2. The topological polar surface area (TPSA) is 72.8 Å². The molecule has 0 bridgehead atoms. The Kier molecular flexibility index (Phi) is 20.0. The summed E-state index contributed by atoms with van der Waals surface area (Å²) in [5, 5.41) is 11.1. The average Bonchev–Trinajstić information content (AvgIpc) is 4.07. The molecule has 1 atom stereocenters. The third-order valence-electron chi connectivity index (χ3n) is 8.36. The van der Waals surface area contributed by atoms with Gasteiger partial charge in [-0.15, -0.1) is 35.3 Å². The van der Waals surface area contributed by atoms with Crippen molar-refractivity contribution in [2.24, 2.45) is 0 Å². The van der Waals surface area contributed by atoms with Gasteiger partial charge in [0.25, 0.3) is 0 Å². The van der Waals surface area contributed by atoms with Gasteiger partial charge in [-0.25, -0.2) is 0 Å². The summed E-state index contributed by atoms with van der Waals surface area (Å²) in [5.74, 6) is 2.79. The first-order valence-corrected chi connectivity index (χ1v) is 22.9. The Hall–Kier alpha value is -0.950. The summed E-state index contributed by atoms with van der Waals surface area (Å²) in [5.41, 5.74) is 4.06. The highest BCUT2D eigenvalue weighted by atomic mass is 79.9. The second-order valence-electron chi connectivity index (χ2n) is 12.4. The fourth-order valence-corrected chi connectivity index (χ4v) is 10.5. The quantitative estimate of drug-likeness (QED) is 0.119. The molecule has 50 heavy (non-hydrogen) atoms. The van der Waals surface area contributed by atoms with Gasteiger partial charge in [0.1, 0.15) is 9.57 Å². The van der Waals surface area contributed by atoms with Crippen molar-refractivity contribution in [2.75, 3.05) is 31.5 Å². The predicted octanol–water partition coefficient (Wildman–Crippen LogP) is 10.6. The highest BCUT2D eigenvalue weighted by Crippen LogP contribution is 2.51. The lowest BCUT2D eigenvalue weighted by atomic mass is 10.2. The van der Waals surface area contributed by atoms with Crippen molar-refractivity contribution >= 4 is 95.0 Å². The summed E-state index contributed by atoms with van der Waals surface area (Å²) in [6.45, 7) is 0.338. The maximum absolute atomic E-state index is 11.5. The van der Waals surface area contributed by atoms with Crippen molar-refractivity contribution < 1.29 is 24.2 Å². The summed E-state index contributed by atoms with van der Waals surface area (Å²) in [6, 6.07) is 31.4. The van der Waals surface area contributed by atoms with Crippen LogP contribution in [0.1, 0.15) is 61.6 Å². The van der Waals surface area contributed by atoms with Crippen molar-refractivity contribution in [1.29, 1.82) is 0 Å². The number of aliphatic hydroxyl groups is 1. The molecule has 11 heteroatoms. The third kappa shape index (κ3) is 16.0. The van der Waals surface area contributed by atoms with Crippen molar-refractivity contribution in [3.05, 3.63) is 108 Å². The van der Waals surface area contributed by atoms with E-state index in [9.17, 15) is 9.59 Å². The third-order valence-corrected chi connectivity index (χ3v) is 16.0. The van der Waals surface area contributed by atoms with Crippen LogP contribution in [-0.4, -0.2) is 67.6 Å². The first kappa shape index (κ1) is 43.5. The van der Waals surface area contributed by atoms with Gasteiger partial charge >= 0.3 is 11.9 Å². The number of hydrogen-bond donors (Lipinski definition) is 1. The highest BCUT2D eigenvalue weighted by Gasteiger charge is 2.51. The smallest absolute Gasteiger partial charge is 0.321 e. The Morgan fingerprint density at radius 3 is 1.42 bits per heavy atom. The summed E-state index contributed by atoms with van der Waals surface area (Å²) >= 11 is 15.6. The molecule has 0 amide bonds. The fourth-order valence-electron chi connectivity index (χ4n) is 4.41. The van der Waals surface area contributed by atoms with E-state index in [1.165, 1.54) is 56.6 Å². The van der Waals surface area contributed by atoms with E-state index < -0.39 is 0 Å². The second kappa shape index (κ2) is 23.0. The van der Waals surface area contributed by atoms with E-state index >= 15 is 0 Å². The molecule has 1 N–H and O–H groups in total. The van der Waals surface area contributed by atoms with Gasteiger partial charge in [0.2, 0.25) is 0 Å². The number of aliphatic hydroxyl groups excluding tert-OH is 1. The predicted molar refractivity (Wildman–Crippen MR) is 225 cm³/mol. The lowest BCUT2D eigenvalue weighted by molar-refractivity contribution is -0.141. The van der Waals surface area contributed by atoms with Gasteiger partial charge in [-0.2, -0.15) is 0 Å². The molecule has 0 radical (unpaired) electrons. The normalized spacial score (nSPS) is 17.1. The van der Waals surface area contributed by atoms with Gasteiger partial charge in [0, 0.05) is 37.4 Å². The molecular weight excluding hydrogens is 884 g/mol. The minimum atomic E-state index is -0.232. The molecule has 0 aliphatic heterocycles. The molecule has 3 aromatic carbocycles. The van der Waals surface area contributed by atoms with Crippen LogP contribution in [0.5, 0.6) is 0 Å². The van der Waals surface area contributed by atoms with Gasteiger partial charge in [-0.1, -0.05) is 139 Å². The van der Waals surface area contributed by atoms with Crippen LogP contribution in [-0.2, 0) is 36.3 Å². The van der Waals surface area contributed by atoms with E-state index in [1.54, 1.807) is 11.8 Å². The van der Waals surface area contributed by atoms with Crippen molar-refractivity contribution in [3.63, 3.8) is 0 Å². The standard InChI is InChI=1S/C12H14O2S.C11H13BrS.C11H14OS.C5H8Br2O2/c1-14-11(13)12(7-8-12)15-9-10-5-3-2-4-6-10;2*12-9-11(6-7-11)13-8-10-4-2-1-3-5-10;1-9-5(8)4(7)2-3-6/h2-6H,7-9H2,1H3;1-5H,6-9H2;1-5,12H,6-9H2;4H,2-3H2,1H3. The number of ether oxygens (including phenoxy) is 2. The average molecular weight is 934 g/mol. The van der Waals surface area contributed by atoms with Gasteiger partial charge in [-0.3, -0.25) is 9.59 Å². The molecule has 1 unspecified atom stereocenters. The number of carbonyl (C=O) groups excluding carboxylic acids is 2. The van der Waals surface area contributed by atoms with Crippen molar-refractivity contribution in [1.82, 2.24) is 0 Å². The number of alkyl halides is 3. The molecule has 3 aliphatic carbocycles. The van der Waals surface area contributed by atoms with E-state index in [1.807, 2.05) is 36.0 Å². The van der Waals surface area contributed by atoms with Gasteiger partial charge in [0.05, 0.1) is 20.8 Å². The molecule has 0 saturated heterocycles. The van der Waals surface area contributed by atoms with Crippen LogP contribution in [0.15, 0.2) is 91.0 Å². The Labute approximate surface area is 337 Å². The second-order valence-corrected chi connectivity index (χ2v) is 19.1. The Morgan fingerprint density at radius 1 is 0.680 bits per heavy atom. The Bertz CT molecular complexity index is 1330. The summed E-state index contributed by atoms with van der Waals surface area (Å²) in [6.07, 6.45) is 7.80. The van der Waals surface area contributed by atoms with E-state index in [2.05, 4.69) is 131 Å². The summed E-state index contributed by atoms with van der Waals surface area (Å²) in [4.78, 5) is 21.9. The molecule has 5 nitrogen and oxygen atoms in total. The number of methoxy groups -OCH3 is 2. The number of esters is 2. The molecule has 3 aliphatic rings. The summed E-state index contributed by atoms with van der Waals surface area (Å²) in [7, 11) is 2.84. The Balaban J connectivity index is 0.000000183. The Morgan fingerprint density at radius 2 is 1.10 bits per heavy atom. The maximum atomic E-state index is 11.5. The van der Waals surface area contributed by atoms with Crippen molar-refractivity contribution in [2.45, 2.75) is 81.3 Å². The zero-order valence-corrected chi connectivity index (χ0v) is 36.1. The lowest BCUT2D eigenvalue weighted by Gasteiger charge is -2.11. The summed E-state index contributed by atoms with van der Waals surface area (Å²) < 4.78 is 9.83. The zero-order valence-electron chi connectivity index (χ0n) is 28.9. The number of halogens is 3. The minimum Gasteiger partial charge on any atom is -0.468 e. The van der Waals surface area contributed by atoms with Gasteiger partial charge in [-0.05, 0) is 61.6 Å². The molecule has 6 rings (SSSR count). The van der Waals surface area contributed by atoms with Crippen LogP contribution in [0.4, 0.5) is 0 Å². The van der Waals surface area contributed by atoms with Crippen LogP contribution in [0.2, 0.25) is 0 Å². The number of carbonyl (C=O) groups is 2. The molecular formula is C39H49Br3O5S3. The SMILES string of the molecule is BrCC1(SCc2ccccc2)CC1.COC(=O)C(Br)CCBr.COC(=O)C1(SCc2ccccc2)CC1.OCC1(SCc2ccccc2)CC1. The van der Waals surface area contributed by atoms with Gasteiger partial charge < -0.3 is 14.6 Å². The van der Waals surface area contributed by atoms with Crippen LogP contribution in [0.25, 0.3) is 0 Å².